The first-order valence-corrected chi connectivity index (χ1v) is 7.64. The number of aromatic nitrogens is 2. The van der Waals surface area contributed by atoms with E-state index < -0.39 is 0 Å². The zero-order chi connectivity index (χ0) is 15.1. The normalized spacial score (nSPS) is 13.6. The third-order valence-electron chi connectivity index (χ3n) is 4.25. The molecule has 4 nitrogen and oxygen atoms in total. The van der Waals surface area contributed by atoms with Crippen molar-refractivity contribution >= 4 is 22.6 Å². The highest BCUT2D eigenvalue weighted by Gasteiger charge is 2.25. The predicted molar refractivity (Wildman–Crippen MR) is 87.3 cm³/mol. The number of carbonyl (C=O) groups is 1. The maximum atomic E-state index is 12.8. The molecule has 1 aromatic heterocycles. The number of aromatic amines is 1. The lowest BCUT2D eigenvalue weighted by Gasteiger charge is -2.17. The number of anilines is 1. The molecule has 0 saturated heterocycles. The molecule has 1 aliphatic heterocycles. The Bertz CT molecular complexity index is 866. The summed E-state index contributed by atoms with van der Waals surface area (Å²) in [7, 11) is 0. The number of amides is 1. The largest absolute Gasteiger partial charge is 0.342 e. The predicted octanol–water partition coefficient (Wildman–Crippen LogP) is 3.33. The summed E-state index contributed by atoms with van der Waals surface area (Å²) >= 11 is 0. The fourth-order valence-corrected chi connectivity index (χ4v) is 3.07. The van der Waals surface area contributed by atoms with Crippen LogP contribution in [0.3, 0.4) is 0 Å². The highest BCUT2D eigenvalue weighted by molar-refractivity contribution is 6.08. The topological polar surface area (TPSA) is 49.0 Å². The second-order valence-electron chi connectivity index (χ2n) is 5.60. The molecule has 0 spiro atoms. The highest BCUT2D eigenvalue weighted by atomic mass is 16.2. The Morgan fingerprint density at radius 2 is 2.14 bits per heavy atom. The number of fused-ring (bicyclic) bond motifs is 2. The van der Waals surface area contributed by atoms with E-state index in [2.05, 4.69) is 23.0 Å². The van der Waals surface area contributed by atoms with E-state index in [1.807, 2.05) is 41.3 Å². The monoisotopic (exact) mass is 291 g/mol. The number of benzene rings is 2. The Balaban J connectivity index is 1.71. The number of nitrogens with zero attached hydrogens (tertiary/aromatic N) is 2. The summed E-state index contributed by atoms with van der Waals surface area (Å²) in [6.45, 7) is 2.81. The quantitative estimate of drug-likeness (QED) is 0.787. The molecule has 1 aliphatic rings. The molecular formula is C18H17N3O. The van der Waals surface area contributed by atoms with E-state index in [0.717, 1.165) is 41.9 Å². The van der Waals surface area contributed by atoms with Crippen LogP contribution in [0, 0.1) is 0 Å². The minimum Gasteiger partial charge on any atom is -0.342 e. The maximum Gasteiger partial charge on any atom is 0.258 e. The van der Waals surface area contributed by atoms with E-state index in [1.54, 1.807) is 0 Å². The average Bonchev–Trinajstić information content (AvgIpc) is 3.17. The summed E-state index contributed by atoms with van der Waals surface area (Å²) in [4.78, 5) is 22.4. The lowest BCUT2D eigenvalue weighted by Crippen LogP contribution is -2.28. The summed E-state index contributed by atoms with van der Waals surface area (Å²) in [5.41, 5.74) is 4.82. The molecule has 0 atom stereocenters. The van der Waals surface area contributed by atoms with Crippen molar-refractivity contribution in [2.24, 2.45) is 0 Å². The molecular weight excluding hydrogens is 274 g/mol. The number of nitrogens with one attached hydrogen (secondary N) is 1. The number of imidazole rings is 1. The number of hydrogen-bond acceptors (Lipinski definition) is 2. The molecule has 0 aliphatic carbocycles. The van der Waals surface area contributed by atoms with Crippen molar-refractivity contribution < 1.29 is 4.79 Å². The SMILES string of the molecule is CCc1nc2ccc(C(=O)N3CCc4ccccc43)cc2[nH]1. The molecule has 4 heteroatoms. The van der Waals surface area contributed by atoms with Crippen LogP contribution in [0.1, 0.15) is 28.7 Å². The number of carbonyl (C=O) groups excluding carboxylic acids is 1. The van der Waals surface area contributed by atoms with Crippen LogP contribution in [0.5, 0.6) is 0 Å². The number of H-pyrrole nitrogens is 1. The van der Waals surface area contributed by atoms with Gasteiger partial charge in [-0.15, -0.1) is 0 Å². The van der Waals surface area contributed by atoms with Crippen LogP contribution < -0.4 is 4.90 Å². The van der Waals surface area contributed by atoms with Crippen LogP contribution in [-0.4, -0.2) is 22.4 Å². The zero-order valence-corrected chi connectivity index (χ0v) is 12.5. The van der Waals surface area contributed by atoms with Crippen LogP contribution in [0.4, 0.5) is 5.69 Å². The third-order valence-corrected chi connectivity index (χ3v) is 4.25. The van der Waals surface area contributed by atoms with Gasteiger partial charge in [-0.25, -0.2) is 4.98 Å². The van der Waals surface area contributed by atoms with Crippen molar-refractivity contribution in [1.29, 1.82) is 0 Å². The van der Waals surface area contributed by atoms with Crippen LogP contribution in [0.25, 0.3) is 11.0 Å². The Morgan fingerprint density at radius 1 is 1.27 bits per heavy atom. The molecule has 0 fully saturated rings. The van der Waals surface area contributed by atoms with Crippen molar-refractivity contribution in [2.75, 3.05) is 11.4 Å². The number of aryl methyl sites for hydroxylation is 1. The molecule has 0 unspecified atom stereocenters. The van der Waals surface area contributed by atoms with E-state index in [-0.39, 0.29) is 5.91 Å². The van der Waals surface area contributed by atoms with Crippen LogP contribution in [0.2, 0.25) is 0 Å². The molecule has 0 radical (unpaired) electrons. The van der Waals surface area contributed by atoms with Crippen molar-refractivity contribution in [1.82, 2.24) is 9.97 Å². The van der Waals surface area contributed by atoms with Gasteiger partial charge in [0.25, 0.3) is 5.91 Å². The van der Waals surface area contributed by atoms with Gasteiger partial charge in [0.15, 0.2) is 0 Å². The Labute approximate surface area is 128 Å². The minimum absolute atomic E-state index is 0.0551. The summed E-state index contributed by atoms with van der Waals surface area (Å²) in [6, 6.07) is 13.8. The second-order valence-corrected chi connectivity index (χ2v) is 5.60. The highest BCUT2D eigenvalue weighted by Crippen LogP contribution is 2.29. The van der Waals surface area contributed by atoms with E-state index in [1.165, 1.54) is 5.56 Å². The van der Waals surface area contributed by atoms with E-state index in [9.17, 15) is 4.79 Å². The molecule has 22 heavy (non-hydrogen) atoms. The lowest BCUT2D eigenvalue weighted by molar-refractivity contribution is 0.0989. The molecule has 1 amide bonds. The fraction of sp³-hybridized carbons (Fsp3) is 0.222. The van der Waals surface area contributed by atoms with Crippen LogP contribution >= 0.6 is 0 Å². The second kappa shape index (κ2) is 4.98. The van der Waals surface area contributed by atoms with E-state index in [4.69, 9.17) is 0 Å². The molecule has 2 aromatic carbocycles. The summed E-state index contributed by atoms with van der Waals surface area (Å²) < 4.78 is 0. The van der Waals surface area contributed by atoms with Gasteiger partial charge in [0.1, 0.15) is 5.82 Å². The van der Waals surface area contributed by atoms with E-state index >= 15 is 0 Å². The molecule has 3 aromatic rings. The summed E-state index contributed by atoms with van der Waals surface area (Å²) in [6.07, 6.45) is 1.78. The Kier molecular flexibility index (Phi) is 2.96. The maximum absolute atomic E-state index is 12.8. The van der Waals surface area contributed by atoms with Gasteiger partial charge in [0.05, 0.1) is 11.0 Å². The molecule has 4 rings (SSSR count). The van der Waals surface area contributed by atoms with Gasteiger partial charge in [-0.3, -0.25) is 4.79 Å². The molecule has 0 saturated carbocycles. The number of rotatable bonds is 2. The van der Waals surface area contributed by atoms with Crippen molar-refractivity contribution in [3.05, 3.63) is 59.4 Å². The first kappa shape index (κ1) is 13.1. The smallest absolute Gasteiger partial charge is 0.258 e. The fourth-order valence-electron chi connectivity index (χ4n) is 3.07. The van der Waals surface area contributed by atoms with Crippen molar-refractivity contribution in [2.45, 2.75) is 19.8 Å². The van der Waals surface area contributed by atoms with E-state index in [0.29, 0.717) is 5.56 Å². The first-order valence-electron chi connectivity index (χ1n) is 7.64. The third kappa shape index (κ3) is 1.99. The van der Waals surface area contributed by atoms with Crippen LogP contribution in [0.15, 0.2) is 42.5 Å². The molecule has 2 heterocycles. The van der Waals surface area contributed by atoms with Crippen LogP contribution in [-0.2, 0) is 12.8 Å². The lowest BCUT2D eigenvalue weighted by atomic mass is 10.1. The Morgan fingerprint density at radius 3 is 3.00 bits per heavy atom. The van der Waals surface area contributed by atoms with Crippen molar-refractivity contribution in [3.8, 4) is 0 Å². The van der Waals surface area contributed by atoms with Gasteiger partial charge >= 0.3 is 0 Å². The minimum atomic E-state index is 0.0551. The number of para-hydroxylation sites is 1. The van der Waals surface area contributed by atoms with Gasteiger partial charge in [0, 0.05) is 24.2 Å². The van der Waals surface area contributed by atoms with Gasteiger partial charge in [-0.2, -0.15) is 0 Å². The van der Waals surface area contributed by atoms with Crippen molar-refractivity contribution in [3.63, 3.8) is 0 Å². The summed E-state index contributed by atoms with van der Waals surface area (Å²) in [5.74, 6) is 1.01. The van der Waals surface area contributed by atoms with Gasteiger partial charge in [-0.05, 0) is 36.2 Å². The Hall–Kier alpha value is -2.62. The standard InChI is InChI=1S/C18H17N3O/c1-2-17-19-14-8-7-13(11-15(14)20-17)18(22)21-10-9-12-5-3-4-6-16(12)21/h3-8,11H,2,9-10H2,1H3,(H,19,20). The van der Waals surface area contributed by atoms with Gasteiger partial charge in [-0.1, -0.05) is 25.1 Å². The number of hydrogen-bond donors (Lipinski definition) is 1. The molecule has 110 valence electrons. The molecule has 0 bridgehead atoms. The first-order chi connectivity index (χ1) is 10.8. The van der Waals surface area contributed by atoms with Gasteiger partial charge < -0.3 is 9.88 Å². The van der Waals surface area contributed by atoms with Gasteiger partial charge in [0.2, 0.25) is 0 Å². The summed E-state index contributed by atoms with van der Waals surface area (Å²) in [5, 5.41) is 0. The average molecular weight is 291 g/mol. The zero-order valence-electron chi connectivity index (χ0n) is 12.5. The molecule has 1 N–H and O–H groups in total.